The first-order valence-electron chi connectivity index (χ1n) is 20.4. The van der Waals surface area contributed by atoms with Gasteiger partial charge in [-0.1, -0.05) is 60.7 Å². The molecule has 0 radical (unpaired) electrons. The second kappa shape index (κ2) is 24.4. The Labute approximate surface area is 378 Å². The minimum Gasteiger partial charge on any atom is -0.463 e. The third-order valence-electron chi connectivity index (χ3n) is 10.2. The average Bonchev–Trinajstić information content (AvgIpc) is 3.31. The van der Waals surface area contributed by atoms with Crippen LogP contribution in [0, 0.1) is 20.2 Å². The molecule has 4 aromatic carbocycles. The number of nitrogens with one attached hydrogen (secondary N) is 2. The molecule has 3 aliphatic heterocycles. The minimum absolute atomic E-state index is 0.0866. The first kappa shape index (κ1) is 50.8. The van der Waals surface area contributed by atoms with Gasteiger partial charge in [-0.05, 0) is 24.3 Å². The van der Waals surface area contributed by atoms with Crippen LogP contribution in [0.5, 0.6) is 11.5 Å². The van der Waals surface area contributed by atoms with Crippen molar-refractivity contribution in [2.75, 3.05) is 27.4 Å². The lowest BCUT2D eigenvalue weighted by atomic mass is 9.95. The van der Waals surface area contributed by atoms with Crippen molar-refractivity contribution < 1.29 is 77.8 Å². The van der Waals surface area contributed by atoms with E-state index >= 15 is 0 Å². The number of carbonyl (C=O) groups excluding carboxylic acids is 2. The fourth-order valence-electron chi connectivity index (χ4n) is 6.97. The molecule has 22 heteroatoms. The monoisotopic (exact) mass is 924 g/mol. The predicted octanol–water partition coefficient (Wildman–Crippen LogP) is 2.57. The molecule has 356 valence electrons. The number of aliphatic hydroxyl groups is 4. The highest BCUT2D eigenvalue weighted by Gasteiger charge is 2.51. The van der Waals surface area contributed by atoms with Gasteiger partial charge in [0.15, 0.2) is 12.6 Å². The van der Waals surface area contributed by atoms with E-state index in [4.69, 9.17) is 37.9 Å². The van der Waals surface area contributed by atoms with Crippen molar-refractivity contribution in [3.05, 3.63) is 141 Å². The van der Waals surface area contributed by atoms with Gasteiger partial charge in [-0.2, -0.15) is 0 Å². The van der Waals surface area contributed by atoms with Crippen molar-refractivity contribution in [1.29, 1.82) is 0 Å². The first-order valence-corrected chi connectivity index (χ1v) is 20.4. The number of amides is 2. The van der Waals surface area contributed by atoms with Crippen LogP contribution < -0.4 is 20.1 Å². The van der Waals surface area contributed by atoms with Crippen LogP contribution in [-0.2, 0) is 38.0 Å². The molecular weight excluding hydrogens is 872 g/mol. The normalized spacial score (nSPS) is 26.7. The molecule has 3 heterocycles. The quantitative estimate of drug-likeness (QED) is 0.0638. The number of hydrogen-bond donors (Lipinski definition) is 6. The summed E-state index contributed by atoms with van der Waals surface area (Å²) < 4.78 is 44.5. The summed E-state index contributed by atoms with van der Waals surface area (Å²) in [7, 11) is 3.25. The third-order valence-corrected chi connectivity index (χ3v) is 10.2. The molecule has 2 amide bonds. The number of carbonyl (C=O) groups is 2. The summed E-state index contributed by atoms with van der Waals surface area (Å²) in [5, 5.41) is 66.8. The largest absolute Gasteiger partial charge is 0.463 e. The van der Waals surface area contributed by atoms with Crippen LogP contribution in [0.2, 0.25) is 0 Å². The van der Waals surface area contributed by atoms with Gasteiger partial charge in [-0.3, -0.25) is 29.8 Å². The van der Waals surface area contributed by atoms with E-state index < -0.39 is 89.9 Å². The minimum atomic E-state index is -1.43. The van der Waals surface area contributed by atoms with Crippen molar-refractivity contribution in [3.63, 3.8) is 0 Å². The van der Waals surface area contributed by atoms with Gasteiger partial charge < -0.3 is 69.0 Å². The highest BCUT2D eigenvalue weighted by molar-refractivity contribution is 5.73. The summed E-state index contributed by atoms with van der Waals surface area (Å²) in [6.07, 6.45) is -9.65. The molecule has 7 rings (SSSR count). The highest BCUT2D eigenvalue weighted by Crippen LogP contribution is 2.35. The Kier molecular flexibility index (Phi) is 18.8. The standard InChI is InChI=1S/C21H22N2O8.C14H18N2O8.C9H12O2/c1-12(24)22-17-18(25)19-16(11-28-20(31-19)13-5-3-2-4-6-13)30-21(17)29-15-9-7-14(8-10-15)23(26)27;1-7(18)15-11-13(20)12(19)10(6-17)24-14(11)23-9-4-2-8(3-5-9)16(21)22;1-10-9(11-2)8-6-4-3-5-7-8/h2-10,16-21,25H,11H2,1H3,(H,22,24);2-5,10-14,17,19-20H,6H2,1H3,(H,15,18);3-7,9H,1-2H3. The van der Waals surface area contributed by atoms with Gasteiger partial charge in [0, 0.05) is 63.5 Å². The van der Waals surface area contributed by atoms with Crippen LogP contribution in [-0.4, -0.2) is 131 Å². The van der Waals surface area contributed by atoms with E-state index in [0.29, 0.717) is 0 Å². The number of nitro benzene ring substituents is 2. The number of methoxy groups -OCH3 is 2. The van der Waals surface area contributed by atoms with Gasteiger partial charge in [-0.25, -0.2) is 0 Å². The van der Waals surface area contributed by atoms with E-state index in [1.54, 1.807) is 14.2 Å². The molecule has 11 atom stereocenters. The Morgan fingerprint density at radius 2 is 1.15 bits per heavy atom. The summed E-state index contributed by atoms with van der Waals surface area (Å²) in [4.78, 5) is 43.4. The van der Waals surface area contributed by atoms with E-state index in [1.165, 1.54) is 62.4 Å². The number of non-ortho nitro benzene ring substituents is 2. The second-order valence-corrected chi connectivity index (χ2v) is 14.8. The summed E-state index contributed by atoms with van der Waals surface area (Å²) in [5.74, 6) is -0.373. The molecule has 66 heavy (non-hydrogen) atoms. The van der Waals surface area contributed by atoms with Crippen LogP contribution in [0.15, 0.2) is 109 Å². The number of rotatable bonds is 13. The number of ether oxygens (including phenoxy) is 8. The van der Waals surface area contributed by atoms with Gasteiger partial charge in [-0.15, -0.1) is 0 Å². The Hall–Kier alpha value is -6.18. The van der Waals surface area contributed by atoms with Crippen LogP contribution >= 0.6 is 0 Å². The fourth-order valence-corrected chi connectivity index (χ4v) is 6.97. The lowest BCUT2D eigenvalue weighted by molar-refractivity contribution is -0.385. The molecule has 4 aromatic rings. The van der Waals surface area contributed by atoms with Crippen LogP contribution in [0.4, 0.5) is 11.4 Å². The lowest BCUT2D eigenvalue weighted by Crippen LogP contribution is -2.67. The van der Waals surface area contributed by atoms with Gasteiger partial charge in [0.25, 0.3) is 11.4 Å². The highest BCUT2D eigenvalue weighted by atomic mass is 16.7. The molecular formula is C44H52N4O18. The van der Waals surface area contributed by atoms with Crippen LogP contribution in [0.3, 0.4) is 0 Å². The SMILES string of the molecule is CC(=O)NC1C(Oc2ccc([N+](=O)[O-])cc2)OC(CO)C(O)C1O.CC(=O)NC1C(Oc2ccc([N+](=O)[O-])cc2)OC2COC(c3ccccc3)OC2C1O.COC(OC)c1ccccc1. The molecule has 0 spiro atoms. The number of aliphatic hydroxyl groups excluding tert-OH is 4. The summed E-state index contributed by atoms with van der Waals surface area (Å²) in [6.45, 7) is 2.12. The molecule has 0 aliphatic carbocycles. The van der Waals surface area contributed by atoms with E-state index in [9.17, 15) is 50.2 Å². The van der Waals surface area contributed by atoms with E-state index in [2.05, 4.69) is 10.6 Å². The Morgan fingerprint density at radius 1 is 0.682 bits per heavy atom. The molecule has 3 fully saturated rings. The van der Waals surface area contributed by atoms with Crippen LogP contribution in [0.1, 0.15) is 37.6 Å². The number of nitrogens with zero attached hydrogens (tertiary/aromatic N) is 2. The van der Waals surface area contributed by atoms with Gasteiger partial charge in [0.05, 0.1) is 23.1 Å². The summed E-state index contributed by atoms with van der Waals surface area (Å²) in [6, 6.07) is 27.6. The van der Waals surface area contributed by atoms with Gasteiger partial charge in [0.2, 0.25) is 24.4 Å². The molecule has 3 saturated heterocycles. The average molecular weight is 925 g/mol. The number of benzene rings is 4. The molecule has 3 aliphatic rings. The molecule has 0 aromatic heterocycles. The summed E-state index contributed by atoms with van der Waals surface area (Å²) in [5.41, 5.74) is 1.62. The van der Waals surface area contributed by atoms with E-state index in [0.717, 1.165) is 11.1 Å². The van der Waals surface area contributed by atoms with E-state index in [1.807, 2.05) is 60.7 Å². The predicted molar refractivity (Wildman–Crippen MR) is 228 cm³/mol. The Bertz CT molecular complexity index is 2150. The lowest BCUT2D eigenvalue weighted by Gasteiger charge is -2.47. The molecule has 11 unspecified atom stereocenters. The number of hydrogen-bond acceptors (Lipinski definition) is 18. The zero-order valence-electron chi connectivity index (χ0n) is 36.1. The van der Waals surface area contributed by atoms with Crippen molar-refractivity contribution in [2.45, 2.75) is 87.7 Å². The maximum atomic E-state index is 11.7. The van der Waals surface area contributed by atoms with Crippen molar-refractivity contribution >= 4 is 23.2 Å². The molecule has 0 saturated carbocycles. The smallest absolute Gasteiger partial charge is 0.269 e. The number of nitro groups is 2. The first-order chi connectivity index (χ1) is 31.6. The summed E-state index contributed by atoms with van der Waals surface area (Å²) >= 11 is 0. The zero-order chi connectivity index (χ0) is 47.9. The fraction of sp³-hybridized carbons (Fsp3) is 0.409. The van der Waals surface area contributed by atoms with Crippen molar-refractivity contribution in [2.24, 2.45) is 0 Å². The van der Waals surface area contributed by atoms with Gasteiger partial charge in [0.1, 0.15) is 60.2 Å². The van der Waals surface area contributed by atoms with Crippen molar-refractivity contribution in [3.8, 4) is 11.5 Å². The van der Waals surface area contributed by atoms with Crippen LogP contribution in [0.25, 0.3) is 0 Å². The Balaban J connectivity index is 0.000000206. The number of fused-ring (bicyclic) bond motifs is 1. The molecule has 0 bridgehead atoms. The Morgan fingerprint density at radius 3 is 1.61 bits per heavy atom. The maximum Gasteiger partial charge on any atom is 0.269 e. The topological polar surface area (TPSA) is 299 Å². The van der Waals surface area contributed by atoms with Gasteiger partial charge >= 0.3 is 0 Å². The second-order valence-electron chi connectivity index (χ2n) is 14.8. The van der Waals surface area contributed by atoms with E-state index in [-0.39, 0.29) is 41.7 Å². The molecule has 6 N–H and O–H groups in total. The maximum absolute atomic E-state index is 11.7. The third kappa shape index (κ3) is 13.7. The molecule has 22 nitrogen and oxygen atoms in total. The van der Waals surface area contributed by atoms with Crippen molar-refractivity contribution in [1.82, 2.24) is 10.6 Å². The zero-order valence-corrected chi connectivity index (χ0v) is 36.1.